The molecule has 0 radical (unpaired) electrons. The summed E-state index contributed by atoms with van der Waals surface area (Å²) in [5, 5.41) is 0. The predicted molar refractivity (Wildman–Crippen MR) is 128 cm³/mol. The first-order valence-electron chi connectivity index (χ1n) is 13.1. The largest absolute Gasteiger partial charge is 0.332 e. The zero-order valence-electron chi connectivity index (χ0n) is 20.2. The Bertz CT molecular complexity index is 766. The maximum absolute atomic E-state index is 12.3. The van der Waals surface area contributed by atoms with Crippen LogP contribution in [0.1, 0.15) is 76.7 Å². The van der Waals surface area contributed by atoms with Crippen molar-refractivity contribution < 1.29 is 4.79 Å². The summed E-state index contributed by atoms with van der Waals surface area (Å²) in [5.41, 5.74) is 1.32. The third-order valence-corrected chi connectivity index (χ3v) is 8.74. The van der Waals surface area contributed by atoms with Crippen molar-refractivity contribution in [3.8, 4) is 0 Å². The van der Waals surface area contributed by atoms with Crippen LogP contribution in [0.25, 0.3) is 0 Å². The van der Waals surface area contributed by atoms with Crippen molar-refractivity contribution in [1.82, 2.24) is 19.8 Å². The number of fused-ring (bicyclic) bond motifs is 2. The molecule has 0 spiro atoms. The van der Waals surface area contributed by atoms with Crippen molar-refractivity contribution in [3.63, 3.8) is 0 Å². The number of ketones is 1. The second kappa shape index (κ2) is 9.38. The van der Waals surface area contributed by atoms with E-state index in [0.717, 1.165) is 31.9 Å². The van der Waals surface area contributed by atoms with Gasteiger partial charge in [0, 0.05) is 55.4 Å². The molecule has 2 unspecified atom stereocenters. The molecule has 3 saturated heterocycles. The van der Waals surface area contributed by atoms with Gasteiger partial charge in [-0.15, -0.1) is 0 Å². The van der Waals surface area contributed by atoms with Gasteiger partial charge >= 0.3 is 0 Å². The monoisotopic (exact) mass is 439 g/mol. The van der Waals surface area contributed by atoms with E-state index in [-0.39, 0.29) is 5.92 Å². The lowest BCUT2D eigenvalue weighted by atomic mass is 9.79. The normalized spacial score (nSPS) is 32.6. The molecule has 1 saturated carbocycles. The number of likely N-dealkylation sites (tertiary alicyclic amines) is 2. The van der Waals surface area contributed by atoms with Crippen LogP contribution in [0.15, 0.2) is 12.4 Å². The van der Waals surface area contributed by atoms with Gasteiger partial charge in [-0.1, -0.05) is 13.8 Å². The van der Waals surface area contributed by atoms with Crippen molar-refractivity contribution >= 4 is 11.7 Å². The molecule has 3 aliphatic heterocycles. The van der Waals surface area contributed by atoms with Crippen LogP contribution in [0.2, 0.25) is 0 Å². The van der Waals surface area contributed by atoms with Crippen molar-refractivity contribution in [2.75, 3.05) is 38.1 Å². The minimum absolute atomic E-state index is 0.187. The molecule has 5 rings (SSSR count). The first kappa shape index (κ1) is 22.3. The van der Waals surface area contributed by atoms with E-state index in [1.165, 1.54) is 57.2 Å². The smallest absolute Gasteiger partial charge is 0.225 e. The summed E-state index contributed by atoms with van der Waals surface area (Å²) in [5.74, 6) is 2.51. The molecular weight excluding hydrogens is 398 g/mol. The van der Waals surface area contributed by atoms with E-state index >= 15 is 0 Å². The highest BCUT2D eigenvalue weighted by atomic mass is 16.1. The Morgan fingerprint density at radius 1 is 0.875 bits per heavy atom. The van der Waals surface area contributed by atoms with Gasteiger partial charge in [0.2, 0.25) is 5.95 Å². The van der Waals surface area contributed by atoms with E-state index < -0.39 is 0 Å². The molecule has 176 valence electrons. The molecule has 6 nitrogen and oxygen atoms in total. The molecule has 4 heterocycles. The summed E-state index contributed by atoms with van der Waals surface area (Å²) < 4.78 is 0. The first-order chi connectivity index (χ1) is 15.5. The van der Waals surface area contributed by atoms with Gasteiger partial charge in [0.15, 0.2) is 0 Å². The molecule has 32 heavy (non-hydrogen) atoms. The fraction of sp³-hybridized carbons (Fsp3) is 0.808. The van der Waals surface area contributed by atoms with Gasteiger partial charge in [-0.3, -0.25) is 4.79 Å². The molecule has 1 aromatic heterocycles. The average Bonchev–Trinajstić information content (AvgIpc) is 3.09. The van der Waals surface area contributed by atoms with E-state index in [9.17, 15) is 4.79 Å². The number of carbonyl (C=O) groups excluding carboxylic acids is 1. The molecule has 4 aliphatic rings. The fourth-order valence-electron chi connectivity index (χ4n) is 6.91. The standard InChI is InChI=1S/C26H41N5O/c1-18(2)25(32)20-4-6-22(7-5-20)30-12-10-19(11-13-30)21-14-27-26(28-15-21)31-23-8-9-24(31)17-29(3)16-23/h14-15,18-20,22-24H,4-13,16-17H2,1-3H3. The minimum Gasteiger partial charge on any atom is -0.332 e. The number of carbonyl (C=O) groups is 1. The van der Waals surface area contributed by atoms with E-state index in [2.05, 4.69) is 34.1 Å². The summed E-state index contributed by atoms with van der Waals surface area (Å²) in [6, 6.07) is 1.84. The number of Topliss-reactive ketones (excluding diaryl/α,β-unsaturated/α-hetero) is 1. The van der Waals surface area contributed by atoms with E-state index in [1.807, 2.05) is 13.8 Å². The number of rotatable bonds is 5. The lowest BCUT2D eigenvalue weighted by Gasteiger charge is -2.41. The number of anilines is 1. The van der Waals surface area contributed by atoms with Gasteiger partial charge in [-0.05, 0) is 83.0 Å². The Morgan fingerprint density at radius 3 is 2.00 bits per heavy atom. The molecule has 0 aromatic carbocycles. The quantitative estimate of drug-likeness (QED) is 0.697. The number of hydrogen-bond acceptors (Lipinski definition) is 6. The Balaban J connectivity index is 1.12. The van der Waals surface area contributed by atoms with Gasteiger partial charge < -0.3 is 14.7 Å². The molecule has 2 atom stereocenters. The minimum atomic E-state index is 0.187. The van der Waals surface area contributed by atoms with Crippen LogP contribution in [-0.4, -0.2) is 76.9 Å². The number of aromatic nitrogens is 2. The number of piperazine rings is 1. The first-order valence-corrected chi connectivity index (χ1v) is 13.1. The lowest BCUT2D eigenvalue weighted by Crippen LogP contribution is -2.53. The van der Waals surface area contributed by atoms with Crippen LogP contribution in [0.4, 0.5) is 5.95 Å². The maximum Gasteiger partial charge on any atom is 0.225 e. The van der Waals surface area contributed by atoms with Crippen molar-refractivity contribution in [3.05, 3.63) is 18.0 Å². The third-order valence-electron chi connectivity index (χ3n) is 8.74. The van der Waals surface area contributed by atoms with E-state index in [1.54, 1.807) is 0 Å². The summed E-state index contributed by atoms with van der Waals surface area (Å²) in [6.45, 7) is 8.70. The molecular formula is C26H41N5O. The summed E-state index contributed by atoms with van der Waals surface area (Å²) in [7, 11) is 2.23. The highest BCUT2D eigenvalue weighted by Crippen LogP contribution is 2.36. The average molecular weight is 440 g/mol. The van der Waals surface area contributed by atoms with Crippen molar-refractivity contribution in [2.45, 2.75) is 89.3 Å². The Hall–Kier alpha value is -1.53. The zero-order valence-corrected chi connectivity index (χ0v) is 20.2. The topological polar surface area (TPSA) is 52.6 Å². The zero-order chi connectivity index (χ0) is 22.2. The Morgan fingerprint density at radius 2 is 1.44 bits per heavy atom. The van der Waals surface area contributed by atoms with Crippen LogP contribution >= 0.6 is 0 Å². The molecule has 4 fully saturated rings. The van der Waals surface area contributed by atoms with Crippen LogP contribution < -0.4 is 4.90 Å². The molecule has 6 heteroatoms. The second-order valence-corrected chi connectivity index (χ2v) is 11.2. The third kappa shape index (κ3) is 4.45. The highest BCUT2D eigenvalue weighted by Gasteiger charge is 2.40. The number of likely N-dealkylation sites (N-methyl/N-ethyl adjacent to an activating group) is 1. The fourth-order valence-corrected chi connectivity index (χ4v) is 6.91. The van der Waals surface area contributed by atoms with Crippen LogP contribution in [0.5, 0.6) is 0 Å². The second-order valence-electron chi connectivity index (χ2n) is 11.2. The van der Waals surface area contributed by atoms with Gasteiger partial charge in [0.1, 0.15) is 5.78 Å². The Kier molecular flexibility index (Phi) is 6.53. The highest BCUT2D eigenvalue weighted by molar-refractivity contribution is 5.82. The number of nitrogens with zero attached hydrogens (tertiary/aromatic N) is 5. The van der Waals surface area contributed by atoms with Crippen LogP contribution in [0, 0.1) is 11.8 Å². The van der Waals surface area contributed by atoms with Gasteiger partial charge in [0.25, 0.3) is 0 Å². The molecule has 1 aromatic rings. The van der Waals surface area contributed by atoms with Gasteiger partial charge in [-0.2, -0.15) is 0 Å². The SMILES string of the molecule is CC(C)C(=O)C1CCC(N2CCC(c3cnc(N4C5CCC4CN(C)C5)nc3)CC2)CC1. The summed E-state index contributed by atoms with van der Waals surface area (Å²) in [6.07, 6.45) is 13.7. The predicted octanol–water partition coefficient (Wildman–Crippen LogP) is 3.72. The maximum atomic E-state index is 12.3. The summed E-state index contributed by atoms with van der Waals surface area (Å²) >= 11 is 0. The molecule has 2 bridgehead atoms. The van der Waals surface area contributed by atoms with Crippen molar-refractivity contribution in [2.24, 2.45) is 11.8 Å². The van der Waals surface area contributed by atoms with Gasteiger partial charge in [0.05, 0.1) is 0 Å². The van der Waals surface area contributed by atoms with E-state index in [4.69, 9.17) is 9.97 Å². The molecule has 1 aliphatic carbocycles. The number of hydrogen-bond donors (Lipinski definition) is 0. The van der Waals surface area contributed by atoms with Gasteiger partial charge in [-0.25, -0.2) is 9.97 Å². The molecule has 0 amide bonds. The van der Waals surface area contributed by atoms with Crippen LogP contribution in [-0.2, 0) is 4.79 Å². The molecule has 0 N–H and O–H groups in total. The Labute approximate surface area is 193 Å². The van der Waals surface area contributed by atoms with E-state index in [0.29, 0.717) is 35.7 Å². The summed E-state index contributed by atoms with van der Waals surface area (Å²) in [4.78, 5) is 29.7. The van der Waals surface area contributed by atoms with Crippen molar-refractivity contribution in [1.29, 1.82) is 0 Å². The number of piperidine rings is 1. The van der Waals surface area contributed by atoms with Crippen LogP contribution in [0.3, 0.4) is 0 Å². The lowest BCUT2D eigenvalue weighted by molar-refractivity contribution is -0.127.